The first-order chi connectivity index (χ1) is 9.13. The molecule has 0 fully saturated rings. The number of methoxy groups -OCH3 is 2. The van der Waals surface area contributed by atoms with Crippen LogP contribution in [0.1, 0.15) is 12.7 Å². The highest BCUT2D eigenvalue weighted by Crippen LogP contribution is 2.31. The largest absolute Gasteiger partial charge is 0.507 e. The highest BCUT2D eigenvalue weighted by Gasteiger charge is 2.15. The summed E-state index contributed by atoms with van der Waals surface area (Å²) in [5.41, 5.74) is 0.476. The average molecular weight is 264 g/mol. The highest BCUT2D eigenvalue weighted by molar-refractivity contribution is 5.63. The van der Waals surface area contributed by atoms with E-state index in [1.54, 1.807) is 19.2 Å². The number of hydrogen-bond acceptors (Lipinski definition) is 6. The number of phenols is 1. The molecular weight excluding hydrogens is 248 g/mol. The van der Waals surface area contributed by atoms with E-state index in [0.29, 0.717) is 23.6 Å². The molecule has 102 valence electrons. The molecule has 1 atom stereocenters. The van der Waals surface area contributed by atoms with Crippen LogP contribution in [0.25, 0.3) is 11.5 Å². The second-order valence-corrected chi connectivity index (χ2v) is 4.15. The van der Waals surface area contributed by atoms with Gasteiger partial charge in [0.15, 0.2) is 5.82 Å². The van der Waals surface area contributed by atoms with Crippen molar-refractivity contribution in [1.29, 1.82) is 0 Å². The van der Waals surface area contributed by atoms with Crippen molar-refractivity contribution in [3.05, 3.63) is 24.0 Å². The molecule has 0 aliphatic heterocycles. The summed E-state index contributed by atoms with van der Waals surface area (Å²) < 4.78 is 15.3. The van der Waals surface area contributed by atoms with Gasteiger partial charge in [-0.1, -0.05) is 5.16 Å². The van der Waals surface area contributed by atoms with Crippen LogP contribution in [0.3, 0.4) is 0 Å². The number of aromatic hydroxyl groups is 1. The highest BCUT2D eigenvalue weighted by atomic mass is 16.5. The number of benzene rings is 1. The zero-order chi connectivity index (χ0) is 13.8. The Morgan fingerprint density at radius 2 is 2.16 bits per heavy atom. The summed E-state index contributed by atoms with van der Waals surface area (Å²) in [6, 6.07) is 4.89. The first kappa shape index (κ1) is 13.4. The number of phenolic OH excluding ortho intramolecular Hbond substituents is 1. The summed E-state index contributed by atoms with van der Waals surface area (Å²) in [5.74, 6) is 1.42. The third kappa shape index (κ3) is 3.03. The van der Waals surface area contributed by atoms with Gasteiger partial charge in [0.1, 0.15) is 11.5 Å². The average Bonchev–Trinajstić information content (AvgIpc) is 2.86. The van der Waals surface area contributed by atoms with Crippen molar-refractivity contribution < 1.29 is 19.1 Å². The van der Waals surface area contributed by atoms with Gasteiger partial charge < -0.3 is 19.1 Å². The van der Waals surface area contributed by atoms with Crippen molar-refractivity contribution in [2.24, 2.45) is 0 Å². The number of aromatic nitrogens is 2. The molecule has 1 aromatic heterocycles. The molecule has 0 aliphatic carbocycles. The summed E-state index contributed by atoms with van der Waals surface area (Å²) in [6.07, 6.45) is 0.562. The van der Waals surface area contributed by atoms with Crippen LogP contribution in [0.15, 0.2) is 22.7 Å². The Kier molecular flexibility index (Phi) is 4.01. The van der Waals surface area contributed by atoms with E-state index in [4.69, 9.17) is 14.0 Å². The minimum absolute atomic E-state index is 0.00918. The van der Waals surface area contributed by atoms with Crippen LogP contribution in [0.4, 0.5) is 0 Å². The van der Waals surface area contributed by atoms with Crippen LogP contribution >= 0.6 is 0 Å². The predicted molar refractivity (Wildman–Crippen MR) is 68.1 cm³/mol. The zero-order valence-electron chi connectivity index (χ0n) is 11.1. The van der Waals surface area contributed by atoms with Crippen LogP contribution in [0, 0.1) is 0 Å². The van der Waals surface area contributed by atoms with Crippen molar-refractivity contribution >= 4 is 0 Å². The monoisotopic (exact) mass is 264 g/mol. The first-order valence-electron chi connectivity index (χ1n) is 5.86. The minimum atomic E-state index is 0.00918. The fourth-order valence-electron chi connectivity index (χ4n) is 1.61. The molecule has 0 aliphatic rings. The van der Waals surface area contributed by atoms with Crippen molar-refractivity contribution in [1.82, 2.24) is 10.1 Å². The fraction of sp³-hybridized carbons (Fsp3) is 0.385. The van der Waals surface area contributed by atoms with E-state index < -0.39 is 0 Å². The molecule has 0 saturated carbocycles. The molecule has 0 spiro atoms. The van der Waals surface area contributed by atoms with Gasteiger partial charge in [0, 0.05) is 19.6 Å². The van der Waals surface area contributed by atoms with Crippen LogP contribution in [-0.4, -0.2) is 35.6 Å². The molecule has 1 N–H and O–H groups in total. The minimum Gasteiger partial charge on any atom is -0.507 e. The topological polar surface area (TPSA) is 77.6 Å². The van der Waals surface area contributed by atoms with Crippen LogP contribution in [-0.2, 0) is 11.2 Å². The van der Waals surface area contributed by atoms with E-state index in [9.17, 15) is 5.11 Å². The summed E-state index contributed by atoms with van der Waals surface area (Å²) in [4.78, 5) is 4.23. The maximum atomic E-state index is 9.88. The smallest absolute Gasteiger partial charge is 0.261 e. The zero-order valence-corrected chi connectivity index (χ0v) is 11.1. The standard InChI is InChI=1S/C13H16N2O4/c1-8(17-2)6-12-14-13(19-15-12)10-5-4-9(18-3)7-11(10)16/h4-5,7-8,16H,6H2,1-3H3. The lowest BCUT2D eigenvalue weighted by atomic mass is 10.2. The van der Waals surface area contributed by atoms with Crippen molar-refractivity contribution in [3.63, 3.8) is 0 Å². The van der Waals surface area contributed by atoms with Gasteiger partial charge in [-0.05, 0) is 19.1 Å². The van der Waals surface area contributed by atoms with Crippen LogP contribution in [0.5, 0.6) is 11.5 Å². The van der Waals surface area contributed by atoms with Crippen LogP contribution < -0.4 is 4.74 Å². The number of ether oxygens (including phenoxy) is 2. The normalized spacial score (nSPS) is 12.4. The van der Waals surface area contributed by atoms with E-state index in [0.717, 1.165) is 0 Å². The van der Waals surface area contributed by atoms with Gasteiger partial charge in [-0.3, -0.25) is 0 Å². The summed E-state index contributed by atoms with van der Waals surface area (Å²) in [7, 11) is 3.16. The van der Waals surface area contributed by atoms with E-state index >= 15 is 0 Å². The SMILES string of the molecule is COc1ccc(-c2nc(CC(C)OC)no2)c(O)c1. The lowest BCUT2D eigenvalue weighted by molar-refractivity contribution is 0.116. The summed E-state index contributed by atoms with van der Waals surface area (Å²) >= 11 is 0. The van der Waals surface area contributed by atoms with E-state index in [-0.39, 0.29) is 17.7 Å². The molecular formula is C13H16N2O4. The Hall–Kier alpha value is -2.08. The molecule has 6 nitrogen and oxygen atoms in total. The molecule has 0 amide bonds. The molecule has 0 radical (unpaired) electrons. The molecule has 2 rings (SSSR count). The molecule has 1 heterocycles. The maximum absolute atomic E-state index is 9.88. The second-order valence-electron chi connectivity index (χ2n) is 4.15. The summed E-state index contributed by atoms with van der Waals surface area (Å²) in [6.45, 7) is 1.92. The van der Waals surface area contributed by atoms with Gasteiger partial charge in [-0.25, -0.2) is 0 Å². The van der Waals surface area contributed by atoms with Crippen molar-refractivity contribution in [2.75, 3.05) is 14.2 Å². The maximum Gasteiger partial charge on any atom is 0.261 e. The van der Waals surface area contributed by atoms with Gasteiger partial charge >= 0.3 is 0 Å². The van der Waals surface area contributed by atoms with Gasteiger partial charge in [0.2, 0.25) is 0 Å². The molecule has 6 heteroatoms. The Labute approximate surface area is 111 Å². The Morgan fingerprint density at radius 3 is 2.79 bits per heavy atom. The lowest BCUT2D eigenvalue weighted by Gasteiger charge is -2.04. The third-order valence-electron chi connectivity index (χ3n) is 2.78. The molecule has 1 unspecified atom stereocenters. The molecule has 0 saturated heterocycles. The second kappa shape index (κ2) is 5.71. The molecule has 19 heavy (non-hydrogen) atoms. The van der Waals surface area contributed by atoms with Gasteiger partial charge in [-0.15, -0.1) is 0 Å². The van der Waals surface area contributed by atoms with Crippen molar-refractivity contribution in [3.8, 4) is 23.0 Å². The molecule has 2 aromatic rings. The van der Waals surface area contributed by atoms with Gasteiger partial charge in [0.25, 0.3) is 5.89 Å². The Morgan fingerprint density at radius 1 is 1.37 bits per heavy atom. The van der Waals surface area contributed by atoms with E-state index in [1.807, 2.05) is 6.92 Å². The van der Waals surface area contributed by atoms with E-state index in [1.165, 1.54) is 13.2 Å². The van der Waals surface area contributed by atoms with Crippen molar-refractivity contribution in [2.45, 2.75) is 19.4 Å². The molecule has 0 bridgehead atoms. The number of rotatable bonds is 5. The number of hydrogen-bond donors (Lipinski definition) is 1. The Bertz CT molecular complexity index is 553. The lowest BCUT2D eigenvalue weighted by Crippen LogP contribution is -2.09. The fourth-order valence-corrected chi connectivity index (χ4v) is 1.61. The molecule has 1 aromatic carbocycles. The van der Waals surface area contributed by atoms with Crippen LogP contribution in [0.2, 0.25) is 0 Å². The Balaban J connectivity index is 2.23. The van der Waals surface area contributed by atoms with Gasteiger partial charge in [0.05, 0.1) is 18.8 Å². The predicted octanol–water partition coefficient (Wildman–Crippen LogP) is 2.03. The quantitative estimate of drug-likeness (QED) is 0.890. The number of nitrogens with zero attached hydrogens (tertiary/aromatic N) is 2. The summed E-state index contributed by atoms with van der Waals surface area (Å²) in [5, 5.41) is 13.7. The van der Waals surface area contributed by atoms with E-state index in [2.05, 4.69) is 10.1 Å². The third-order valence-corrected chi connectivity index (χ3v) is 2.78. The first-order valence-corrected chi connectivity index (χ1v) is 5.86. The van der Waals surface area contributed by atoms with Gasteiger partial charge in [-0.2, -0.15) is 4.98 Å².